The number of ether oxygens (including phenoxy) is 1. The average Bonchev–Trinajstić information content (AvgIpc) is 2.33. The maximum Gasteiger partial charge on any atom is 0.257 e. The second-order valence-corrected chi connectivity index (χ2v) is 3.65. The number of phenolic OH excluding ortho intramolecular Hbond substituents is 1. The van der Waals surface area contributed by atoms with Crippen LogP contribution in [0.3, 0.4) is 0 Å². The number of morpholine rings is 1. The second kappa shape index (κ2) is 4.40. The number of rotatable bonds is 1. The first kappa shape index (κ1) is 10.8. The smallest absolute Gasteiger partial charge is 0.257 e. The van der Waals surface area contributed by atoms with Gasteiger partial charge in [0.2, 0.25) is 0 Å². The van der Waals surface area contributed by atoms with Gasteiger partial charge in [-0.15, -0.1) is 0 Å². The van der Waals surface area contributed by atoms with Crippen LogP contribution in [0.5, 0.6) is 5.75 Å². The van der Waals surface area contributed by atoms with Crippen LogP contribution < -0.4 is 5.73 Å². The van der Waals surface area contributed by atoms with Gasteiger partial charge in [-0.2, -0.15) is 0 Å². The number of nitrogens with zero attached hydrogens (tertiary/aromatic N) is 1. The van der Waals surface area contributed by atoms with Crippen molar-refractivity contribution in [3.8, 4) is 5.75 Å². The number of hydrogen-bond donors (Lipinski definition) is 2. The van der Waals surface area contributed by atoms with Gasteiger partial charge in [-0.1, -0.05) is 6.07 Å². The van der Waals surface area contributed by atoms with Crippen molar-refractivity contribution in [1.82, 2.24) is 4.90 Å². The Morgan fingerprint density at radius 1 is 1.38 bits per heavy atom. The standard InChI is InChI=1S/C11H14N2O3/c12-9-3-1-2-8(10(9)14)11(15)13-4-6-16-7-5-13/h1-3,14H,4-7,12H2. The Balaban J connectivity index is 2.22. The summed E-state index contributed by atoms with van der Waals surface area (Å²) in [5.41, 5.74) is 6.02. The molecule has 0 bridgehead atoms. The van der Waals surface area contributed by atoms with Gasteiger partial charge in [0.25, 0.3) is 5.91 Å². The number of para-hydroxylation sites is 1. The highest BCUT2D eigenvalue weighted by molar-refractivity contribution is 5.98. The van der Waals surface area contributed by atoms with E-state index < -0.39 is 0 Å². The van der Waals surface area contributed by atoms with Gasteiger partial charge in [-0.05, 0) is 12.1 Å². The molecule has 1 aromatic rings. The quantitative estimate of drug-likeness (QED) is 0.534. The molecular weight excluding hydrogens is 208 g/mol. The highest BCUT2D eigenvalue weighted by atomic mass is 16.5. The lowest BCUT2D eigenvalue weighted by atomic mass is 10.1. The molecule has 0 unspecified atom stereocenters. The maximum absolute atomic E-state index is 12.0. The number of benzene rings is 1. The van der Waals surface area contributed by atoms with Crippen molar-refractivity contribution < 1.29 is 14.6 Å². The third-order valence-corrected chi connectivity index (χ3v) is 2.60. The van der Waals surface area contributed by atoms with Crippen LogP contribution >= 0.6 is 0 Å². The number of phenols is 1. The number of amides is 1. The molecule has 5 nitrogen and oxygen atoms in total. The Bertz CT molecular complexity index is 400. The minimum absolute atomic E-state index is 0.140. The van der Waals surface area contributed by atoms with E-state index in [1.807, 2.05) is 0 Å². The molecule has 0 radical (unpaired) electrons. The van der Waals surface area contributed by atoms with E-state index in [1.54, 1.807) is 23.1 Å². The first-order chi connectivity index (χ1) is 7.70. The van der Waals surface area contributed by atoms with E-state index in [-0.39, 0.29) is 22.9 Å². The molecule has 2 rings (SSSR count). The molecule has 0 spiro atoms. The van der Waals surface area contributed by atoms with Crippen molar-refractivity contribution >= 4 is 11.6 Å². The highest BCUT2D eigenvalue weighted by Gasteiger charge is 2.21. The van der Waals surface area contributed by atoms with Crippen LogP contribution in [-0.4, -0.2) is 42.2 Å². The summed E-state index contributed by atoms with van der Waals surface area (Å²) in [6.45, 7) is 2.17. The fraction of sp³-hybridized carbons (Fsp3) is 0.364. The van der Waals surface area contributed by atoms with E-state index >= 15 is 0 Å². The summed E-state index contributed by atoms with van der Waals surface area (Å²) in [4.78, 5) is 13.7. The van der Waals surface area contributed by atoms with E-state index in [1.165, 1.54) is 0 Å². The molecule has 0 aliphatic carbocycles. The van der Waals surface area contributed by atoms with Gasteiger partial charge in [-0.25, -0.2) is 0 Å². The Hall–Kier alpha value is -1.75. The molecule has 1 aliphatic heterocycles. The van der Waals surface area contributed by atoms with Crippen LogP contribution in [0.2, 0.25) is 0 Å². The monoisotopic (exact) mass is 222 g/mol. The first-order valence-electron chi connectivity index (χ1n) is 5.14. The first-order valence-corrected chi connectivity index (χ1v) is 5.14. The van der Waals surface area contributed by atoms with Crippen LogP contribution in [0.1, 0.15) is 10.4 Å². The van der Waals surface area contributed by atoms with Crippen LogP contribution in [0, 0.1) is 0 Å². The second-order valence-electron chi connectivity index (χ2n) is 3.65. The lowest BCUT2D eigenvalue weighted by Crippen LogP contribution is -2.40. The van der Waals surface area contributed by atoms with E-state index in [0.717, 1.165) is 0 Å². The van der Waals surface area contributed by atoms with Crippen molar-refractivity contribution in [3.05, 3.63) is 23.8 Å². The molecule has 1 heterocycles. The third kappa shape index (κ3) is 1.94. The molecule has 1 amide bonds. The summed E-state index contributed by atoms with van der Waals surface area (Å²) in [5.74, 6) is -0.341. The van der Waals surface area contributed by atoms with Gasteiger partial charge in [-0.3, -0.25) is 4.79 Å². The van der Waals surface area contributed by atoms with Gasteiger partial charge in [0.15, 0.2) is 5.75 Å². The summed E-state index contributed by atoms with van der Waals surface area (Å²) in [5, 5.41) is 9.69. The van der Waals surface area contributed by atoms with Gasteiger partial charge >= 0.3 is 0 Å². The van der Waals surface area contributed by atoms with Crippen molar-refractivity contribution in [2.24, 2.45) is 0 Å². The molecule has 1 saturated heterocycles. The molecular formula is C11H14N2O3. The fourth-order valence-corrected chi connectivity index (χ4v) is 1.67. The number of nitrogens with two attached hydrogens (primary N) is 1. The zero-order valence-electron chi connectivity index (χ0n) is 8.85. The van der Waals surface area contributed by atoms with Crippen molar-refractivity contribution in [2.75, 3.05) is 32.0 Å². The van der Waals surface area contributed by atoms with Crippen molar-refractivity contribution in [1.29, 1.82) is 0 Å². The van der Waals surface area contributed by atoms with Crippen molar-refractivity contribution in [2.45, 2.75) is 0 Å². The predicted molar refractivity (Wildman–Crippen MR) is 59.2 cm³/mol. The maximum atomic E-state index is 12.0. The zero-order chi connectivity index (χ0) is 11.5. The topological polar surface area (TPSA) is 75.8 Å². The number of carbonyl (C=O) groups is 1. The van der Waals surface area contributed by atoms with Crippen LogP contribution in [0.4, 0.5) is 5.69 Å². The summed E-state index contributed by atoms with van der Waals surface area (Å²) in [6, 6.07) is 4.79. The van der Waals surface area contributed by atoms with E-state index in [2.05, 4.69) is 0 Å². The molecule has 0 atom stereocenters. The summed E-state index contributed by atoms with van der Waals surface area (Å²) < 4.78 is 5.16. The highest BCUT2D eigenvalue weighted by Crippen LogP contribution is 2.25. The van der Waals surface area contributed by atoms with E-state index in [9.17, 15) is 9.90 Å². The molecule has 1 fully saturated rings. The summed E-state index contributed by atoms with van der Waals surface area (Å²) in [6.07, 6.45) is 0. The molecule has 16 heavy (non-hydrogen) atoms. The molecule has 1 aromatic carbocycles. The van der Waals surface area contributed by atoms with Crippen LogP contribution in [0.15, 0.2) is 18.2 Å². The van der Waals surface area contributed by atoms with Gasteiger partial charge in [0, 0.05) is 13.1 Å². The largest absolute Gasteiger partial charge is 0.505 e. The van der Waals surface area contributed by atoms with Gasteiger partial charge in [0.05, 0.1) is 24.5 Å². The molecule has 3 N–H and O–H groups in total. The third-order valence-electron chi connectivity index (χ3n) is 2.60. The van der Waals surface area contributed by atoms with E-state index in [4.69, 9.17) is 10.5 Å². The molecule has 1 aliphatic rings. The normalized spacial score (nSPS) is 16.1. The Morgan fingerprint density at radius 2 is 2.06 bits per heavy atom. The minimum atomic E-state index is -0.201. The number of carbonyl (C=O) groups excluding carboxylic acids is 1. The Kier molecular flexibility index (Phi) is 2.96. The Labute approximate surface area is 93.4 Å². The van der Waals surface area contributed by atoms with Crippen molar-refractivity contribution in [3.63, 3.8) is 0 Å². The average molecular weight is 222 g/mol. The molecule has 5 heteroatoms. The summed E-state index contributed by atoms with van der Waals surface area (Å²) in [7, 11) is 0. The number of aromatic hydroxyl groups is 1. The molecule has 0 saturated carbocycles. The lowest BCUT2D eigenvalue weighted by molar-refractivity contribution is 0.0301. The number of nitrogen functional groups attached to an aromatic ring is 1. The molecule has 0 aromatic heterocycles. The molecule has 86 valence electrons. The fourth-order valence-electron chi connectivity index (χ4n) is 1.67. The van der Waals surface area contributed by atoms with Crippen LogP contribution in [0.25, 0.3) is 0 Å². The SMILES string of the molecule is Nc1cccc(C(=O)N2CCOCC2)c1O. The number of anilines is 1. The number of hydrogen-bond acceptors (Lipinski definition) is 4. The minimum Gasteiger partial charge on any atom is -0.505 e. The van der Waals surface area contributed by atoms with Gasteiger partial charge in [0.1, 0.15) is 0 Å². The Morgan fingerprint density at radius 3 is 2.75 bits per heavy atom. The van der Waals surface area contributed by atoms with E-state index in [0.29, 0.717) is 26.3 Å². The van der Waals surface area contributed by atoms with Crippen LogP contribution in [-0.2, 0) is 4.74 Å². The summed E-state index contributed by atoms with van der Waals surface area (Å²) >= 11 is 0. The zero-order valence-corrected chi connectivity index (χ0v) is 8.85. The predicted octanol–water partition coefficient (Wildman–Crippen LogP) is 0.447. The van der Waals surface area contributed by atoms with Gasteiger partial charge < -0.3 is 20.5 Å². The lowest BCUT2D eigenvalue weighted by Gasteiger charge is -2.27.